The number of carbonyl (C=O) groups is 2. The molecule has 0 aliphatic carbocycles. The molecule has 1 atom stereocenters. The molecule has 0 fully saturated rings. The summed E-state index contributed by atoms with van der Waals surface area (Å²) in [6.07, 6.45) is 0.813. The molecule has 0 aliphatic heterocycles. The SMILES string of the molecule is [C-]#[N+]c1cccc(OCc2ccc(CCC(=O)O)c(C(=O)NC(CC(C)C)c3ccc(OC)c(OC)c3)c2)c1. The second kappa shape index (κ2) is 13.9. The van der Waals surface area contributed by atoms with E-state index in [0.717, 1.165) is 11.1 Å². The van der Waals surface area contributed by atoms with Crippen LogP contribution in [0.2, 0.25) is 0 Å². The summed E-state index contributed by atoms with van der Waals surface area (Å²) in [6, 6.07) is 17.5. The van der Waals surface area contributed by atoms with Crippen molar-refractivity contribution in [2.75, 3.05) is 14.2 Å². The van der Waals surface area contributed by atoms with Gasteiger partial charge in [-0.2, -0.15) is 0 Å². The molecule has 0 radical (unpaired) electrons. The van der Waals surface area contributed by atoms with E-state index in [9.17, 15) is 14.7 Å². The Balaban J connectivity index is 1.90. The number of amides is 1. The van der Waals surface area contributed by atoms with Gasteiger partial charge in [0.25, 0.3) is 5.91 Å². The third kappa shape index (κ3) is 8.24. The van der Waals surface area contributed by atoms with Crippen molar-refractivity contribution in [3.8, 4) is 17.2 Å². The van der Waals surface area contributed by atoms with Gasteiger partial charge in [-0.05, 0) is 65.8 Å². The number of nitrogens with one attached hydrogen (secondary N) is 1. The summed E-state index contributed by atoms with van der Waals surface area (Å²) in [5, 5.41) is 12.4. The highest BCUT2D eigenvalue weighted by Crippen LogP contribution is 2.32. The minimum Gasteiger partial charge on any atom is -0.493 e. The van der Waals surface area contributed by atoms with E-state index in [-0.39, 0.29) is 31.4 Å². The summed E-state index contributed by atoms with van der Waals surface area (Å²) >= 11 is 0. The zero-order valence-electron chi connectivity index (χ0n) is 22.7. The third-order valence-electron chi connectivity index (χ3n) is 6.20. The lowest BCUT2D eigenvalue weighted by molar-refractivity contribution is -0.136. The first-order valence-electron chi connectivity index (χ1n) is 12.7. The number of rotatable bonds is 13. The molecule has 1 amide bonds. The first kappa shape index (κ1) is 29.1. The average molecular weight is 531 g/mol. The first-order chi connectivity index (χ1) is 18.7. The fourth-order valence-corrected chi connectivity index (χ4v) is 4.25. The van der Waals surface area contributed by atoms with Gasteiger partial charge in [0.05, 0.1) is 26.8 Å². The van der Waals surface area contributed by atoms with Crippen LogP contribution in [0.4, 0.5) is 5.69 Å². The first-order valence-corrected chi connectivity index (χ1v) is 12.7. The molecule has 0 bridgehead atoms. The van der Waals surface area contributed by atoms with Gasteiger partial charge >= 0.3 is 5.97 Å². The van der Waals surface area contributed by atoms with Gasteiger partial charge in [-0.1, -0.05) is 44.2 Å². The summed E-state index contributed by atoms with van der Waals surface area (Å²) in [5.74, 6) is 0.780. The largest absolute Gasteiger partial charge is 0.493 e. The van der Waals surface area contributed by atoms with Crippen molar-refractivity contribution in [3.05, 3.63) is 94.3 Å². The zero-order valence-corrected chi connectivity index (χ0v) is 22.7. The van der Waals surface area contributed by atoms with Crippen LogP contribution >= 0.6 is 0 Å². The number of methoxy groups -OCH3 is 2. The van der Waals surface area contributed by atoms with Gasteiger partial charge in [-0.25, -0.2) is 4.85 Å². The van der Waals surface area contributed by atoms with Gasteiger partial charge in [0, 0.05) is 12.0 Å². The molecule has 0 spiro atoms. The van der Waals surface area contributed by atoms with E-state index in [1.807, 2.05) is 24.3 Å². The summed E-state index contributed by atoms with van der Waals surface area (Å²) in [6.45, 7) is 11.5. The lowest BCUT2D eigenvalue weighted by Gasteiger charge is -2.23. The lowest BCUT2D eigenvalue weighted by Crippen LogP contribution is -2.30. The fraction of sp³-hybridized carbons (Fsp3) is 0.323. The number of benzene rings is 3. The standard InChI is InChI=1S/C31H34N2O6/c1-20(2)15-27(23-11-13-28(37-4)29(17-23)38-5)33-31(36)26-16-21(9-10-22(26)12-14-30(34)35)19-39-25-8-6-7-24(18-25)32-3/h6-11,13,16-18,20,27H,12,14-15,19H2,1-2,4-5H3,(H,33,36)(H,34,35). The highest BCUT2D eigenvalue weighted by molar-refractivity contribution is 5.96. The number of nitrogens with zero attached hydrogens (tertiary/aromatic N) is 1. The van der Waals surface area contributed by atoms with Crippen molar-refractivity contribution >= 4 is 17.6 Å². The Morgan fingerprint density at radius 2 is 1.77 bits per heavy atom. The van der Waals surface area contributed by atoms with Crippen LogP contribution in [0.15, 0.2) is 60.7 Å². The average Bonchev–Trinajstić information content (AvgIpc) is 2.94. The summed E-state index contributed by atoms with van der Waals surface area (Å²) in [5.41, 5.74) is 3.15. The maximum Gasteiger partial charge on any atom is 0.303 e. The van der Waals surface area contributed by atoms with E-state index in [4.69, 9.17) is 20.8 Å². The van der Waals surface area contributed by atoms with Gasteiger partial charge < -0.3 is 24.6 Å². The van der Waals surface area contributed by atoms with Crippen LogP contribution in [0.3, 0.4) is 0 Å². The second-order valence-corrected chi connectivity index (χ2v) is 9.55. The number of carbonyl (C=O) groups excluding carboxylic acids is 1. The third-order valence-corrected chi connectivity index (χ3v) is 6.20. The topological polar surface area (TPSA) is 98.5 Å². The minimum absolute atomic E-state index is 0.0926. The molecule has 1 unspecified atom stereocenters. The number of aryl methyl sites for hydroxylation is 1. The normalized spacial score (nSPS) is 11.4. The van der Waals surface area contributed by atoms with Crippen molar-refractivity contribution in [1.82, 2.24) is 5.32 Å². The Kier molecular flexibility index (Phi) is 10.3. The van der Waals surface area contributed by atoms with E-state index >= 15 is 0 Å². The highest BCUT2D eigenvalue weighted by Gasteiger charge is 2.21. The Labute approximate surface area is 229 Å². The monoisotopic (exact) mass is 530 g/mol. The molecule has 0 aromatic heterocycles. The number of carboxylic acids is 1. The molecule has 204 valence electrons. The molecular weight excluding hydrogens is 496 g/mol. The van der Waals surface area contributed by atoms with Crippen molar-refractivity contribution in [2.24, 2.45) is 5.92 Å². The van der Waals surface area contributed by atoms with Gasteiger partial charge in [0.2, 0.25) is 0 Å². The zero-order chi connectivity index (χ0) is 28.4. The number of hydrogen-bond acceptors (Lipinski definition) is 5. The summed E-state index contributed by atoms with van der Waals surface area (Å²) in [7, 11) is 3.14. The predicted octanol–water partition coefficient (Wildman–Crippen LogP) is 6.37. The Hall–Kier alpha value is -4.51. The van der Waals surface area contributed by atoms with E-state index < -0.39 is 5.97 Å². The number of aliphatic carboxylic acids is 1. The number of hydrogen-bond donors (Lipinski definition) is 2. The molecule has 0 aliphatic rings. The second-order valence-electron chi connectivity index (χ2n) is 9.55. The smallest absolute Gasteiger partial charge is 0.303 e. The van der Waals surface area contributed by atoms with Crippen molar-refractivity contribution in [1.29, 1.82) is 0 Å². The molecule has 0 saturated heterocycles. The van der Waals surface area contributed by atoms with E-state index in [2.05, 4.69) is 24.0 Å². The van der Waals surface area contributed by atoms with Crippen LogP contribution in [-0.2, 0) is 17.8 Å². The molecule has 39 heavy (non-hydrogen) atoms. The molecule has 3 rings (SSSR count). The van der Waals surface area contributed by atoms with Crippen LogP contribution in [0, 0.1) is 12.5 Å². The van der Waals surface area contributed by atoms with Crippen molar-refractivity contribution in [2.45, 2.75) is 45.8 Å². The van der Waals surface area contributed by atoms with Crippen LogP contribution in [0.5, 0.6) is 17.2 Å². The van der Waals surface area contributed by atoms with Gasteiger partial charge in [0.1, 0.15) is 12.4 Å². The van der Waals surface area contributed by atoms with Gasteiger partial charge in [-0.3, -0.25) is 9.59 Å². The molecule has 0 saturated carbocycles. The molecule has 3 aromatic rings. The lowest BCUT2D eigenvalue weighted by atomic mass is 9.95. The molecule has 2 N–H and O–H groups in total. The van der Waals surface area contributed by atoms with Gasteiger partial charge in [-0.15, -0.1) is 0 Å². The van der Waals surface area contributed by atoms with Crippen LogP contribution in [-0.4, -0.2) is 31.2 Å². The van der Waals surface area contributed by atoms with Crippen LogP contribution < -0.4 is 19.5 Å². The molecule has 3 aromatic carbocycles. The maximum absolute atomic E-state index is 13.7. The van der Waals surface area contributed by atoms with Crippen molar-refractivity contribution in [3.63, 3.8) is 0 Å². The Bertz CT molecular complexity index is 1350. The molecule has 8 heteroatoms. The number of ether oxygens (including phenoxy) is 3. The van der Waals surface area contributed by atoms with E-state index in [1.54, 1.807) is 50.6 Å². The predicted molar refractivity (Wildman–Crippen MR) is 149 cm³/mol. The molecule has 0 heterocycles. The van der Waals surface area contributed by atoms with E-state index in [1.165, 1.54) is 0 Å². The maximum atomic E-state index is 13.7. The fourth-order valence-electron chi connectivity index (χ4n) is 4.25. The number of carboxylic acid groups (broad SMARTS) is 1. The van der Waals surface area contributed by atoms with Crippen LogP contribution in [0.1, 0.15) is 59.8 Å². The summed E-state index contributed by atoms with van der Waals surface area (Å²) < 4.78 is 16.7. The van der Waals surface area contributed by atoms with Gasteiger partial charge in [0.15, 0.2) is 17.2 Å². The Morgan fingerprint density at radius 3 is 2.44 bits per heavy atom. The highest BCUT2D eigenvalue weighted by atomic mass is 16.5. The molecular formula is C31H34N2O6. The van der Waals surface area contributed by atoms with E-state index in [0.29, 0.717) is 46.4 Å². The molecule has 8 nitrogen and oxygen atoms in total. The Morgan fingerprint density at radius 1 is 1.00 bits per heavy atom. The van der Waals surface area contributed by atoms with Crippen molar-refractivity contribution < 1.29 is 28.9 Å². The van der Waals surface area contributed by atoms with Crippen LogP contribution in [0.25, 0.3) is 4.85 Å². The quantitative estimate of drug-likeness (QED) is 0.249. The minimum atomic E-state index is -0.934. The summed E-state index contributed by atoms with van der Waals surface area (Å²) in [4.78, 5) is 28.4.